The maximum atomic E-state index is 5.53. The van der Waals surface area contributed by atoms with Gasteiger partial charge in [0.15, 0.2) is 0 Å². The van der Waals surface area contributed by atoms with Gasteiger partial charge in [-0.2, -0.15) is 0 Å². The van der Waals surface area contributed by atoms with Crippen molar-refractivity contribution in [3.63, 3.8) is 0 Å². The van der Waals surface area contributed by atoms with Crippen LogP contribution < -0.4 is 5.73 Å². The molecule has 0 spiro atoms. The van der Waals surface area contributed by atoms with E-state index in [2.05, 4.69) is 28.2 Å². The van der Waals surface area contributed by atoms with Crippen LogP contribution in [-0.2, 0) is 19.3 Å². The quantitative estimate of drug-likeness (QED) is 0.911. The van der Waals surface area contributed by atoms with Crippen LogP contribution in [0.15, 0.2) is 30.5 Å². The van der Waals surface area contributed by atoms with Gasteiger partial charge < -0.3 is 5.73 Å². The van der Waals surface area contributed by atoms with Gasteiger partial charge in [0.1, 0.15) is 5.82 Å². The van der Waals surface area contributed by atoms with E-state index in [4.69, 9.17) is 5.73 Å². The maximum absolute atomic E-state index is 5.53. The van der Waals surface area contributed by atoms with Gasteiger partial charge in [0.2, 0.25) is 0 Å². The monoisotopic (exact) mass is 253 g/mol. The Morgan fingerprint density at radius 2 is 2.00 bits per heavy atom. The van der Waals surface area contributed by atoms with Crippen molar-refractivity contribution in [3.05, 3.63) is 47.4 Å². The number of hydrogen-bond donors (Lipinski definition) is 1. The van der Waals surface area contributed by atoms with Crippen molar-refractivity contribution in [2.75, 3.05) is 6.54 Å². The summed E-state index contributed by atoms with van der Waals surface area (Å²) in [5.41, 5.74) is 10.7. The Morgan fingerprint density at radius 3 is 2.89 bits per heavy atom. The summed E-state index contributed by atoms with van der Waals surface area (Å²) in [4.78, 5) is 8.95. The molecule has 0 saturated heterocycles. The minimum absolute atomic E-state index is 0.687. The number of rotatable bonds is 4. The number of nitrogens with zero attached hydrogens (tertiary/aromatic N) is 2. The van der Waals surface area contributed by atoms with Crippen LogP contribution >= 0.6 is 0 Å². The molecule has 1 heterocycles. The molecule has 1 aromatic heterocycles. The Balaban J connectivity index is 1.89. The third-order valence-corrected chi connectivity index (χ3v) is 3.70. The van der Waals surface area contributed by atoms with E-state index in [1.807, 2.05) is 12.3 Å². The number of aromatic nitrogens is 2. The molecule has 0 unspecified atom stereocenters. The zero-order chi connectivity index (χ0) is 13.1. The molecular formula is C16H19N3. The lowest BCUT2D eigenvalue weighted by Crippen LogP contribution is -2.03. The van der Waals surface area contributed by atoms with Gasteiger partial charge in [-0.25, -0.2) is 9.97 Å². The van der Waals surface area contributed by atoms with Gasteiger partial charge in [0.05, 0.1) is 5.69 Å². The van der Waals surface area contributed by atoms with Crippen LogP contribution in [-0.4, -0.2) is 16.5 Å². The van der Waals surface area contributed by atoms with Crippen molar-refractivity contribution in [2.45, 2.75) is 32.1 Å². The summed E-state index contributed by atoms with van der Waals surface area (Å²) in [6.07, 6.45) is 7.35. The number of fused-ring (bicyclic) bond motifs is 1. The first-order chi connectivity index (χ1) is 9.36. The Hall–Kier alpha value is -1.74. The molecule has 0 atom stereocenters. The van der Waals surface area contributed by atoms with Crippen LogP contribution in [0.5, 0.6) is 0 Å². The maximum Gasteiger partial charge on any atom is 0.128 e. The van der Waals surface area contributed by atoms with Crippen molar-refractivity contribution in [1.82, 2.24) is 9.97 Å². The van der Waals surface area contributed by atoms with E-state index in [0.29, 0.717) is 6.54 Å². The molecule has 0 amide bonds. The van der Waals surface area contributed by atoms with E-state index in [1.165, 1.54) is 36.0 Å². The van der Waals surface area contributed by atoms with Gasteiger partial charge in [-0.3, -0.25) is 0 Å². The lowest BCUT2D eigenvalue weighted by Gasteiger charge is -2.06. The molecule has 0 saturated carbocycles. The SMILES string of the molecule is NCCCc1nccc(-c2ccc3c(c2)CCC3)n1. The molecule has 0 radical (unpaired) electrons. The third kappa shape index (κ3) is 2.66. The van der Waals surface area contributed by atoms with Gasteiger partial charge in [0, 0.05) is 18.2 Å². The predicted molar refractivity (Wildman–Crippen MR) is 76.9 cm³/mol. The molecule has 0 fully saturated rings. The van der Waals surface area contributed by atoms with Gasteiger partial charge in [0.25, 0.3) is 0 Å². The van der Waals surface area contributed by atoms with Gasteiger partial charge in [-0.1, -0.05) is 12.1 Å². The molecule has 0 bridgehead atoms. The van der Waals surface area contributed by atoms with Crippen LogP contribution in [0.2, 0.25) is 0 Å². The second kappa shape index (κ2) is 5.49. The molecule has 98 valence electrons. The summed E-state index contributed by atoms with van der Waals surface area (Å²) in [7, 11) is 0. The van der Waals surface area contributed by atoms with Gasteiger partial charge in [-0.05, 0) is 55.5 Å². The van der Waals surface area contributed by atoms with Crippen LogP contribution in [0.25, 0.3) is 11.3 Å². The Labute approximate surface area is 113 Å². The Morgan fingerprint density at radius 1 is 1.11 bits per heavy atom. The molecule has 1 aliphatic carbocycles. The van der Waals surface area contributed by atoms with Crippen molar-refractivity contribution in [3.8, 4) is 11.3 Å². The normalized spacial score (nSPS) is 13.5. The standard InChI is InChI=1S/C16H19N3/c17-9-2-5-16-18-10-8-15(19-16)14-7-6-12-3-1-4-13(12)11-14/h6-8,10-11H,1-5,9,17H2. The highest BCUT2D eigenvalue weighted by Crippen LogP contribution is 2.27. The third-order valence-electron chi connectivity index (χ3n) is 3.70. The van der Waals surface area contributed by atoms with Crippen molar-refractivity contribution in [1.29, 1.82) is 0 Å². The zero-order valence-electron chi connectivity index (χ0n) is 11.1. The smallest absolute Gasteiger partial charge is 0.128 e. The molecule has 3 heteroatoms. The van der Waals surface area contributed by atoms with Gasteiger partial charge >= 0.3 is 0 Å². The number of benzene rings is 1. The highest BCUT2D eigenvalue weighted by Gasteiger charge is 2.12. The fourth-order valence-electron chi connectivity index (χ4n) is 2.67. The molecule has 1 aliphatic rings. The molecular weight excluding hydrogens is 234 g/mol. The molecule has 2 aromatic rings. The number of hydrogen-bond acceptors (Lipinski definition) is 3. The Kier molecular flexibility index (Phi) is 3.56. The summed E-state index contributed by atoms with van der Waals surface area (Å²) in [6.45, 7) is 0.687. The van der Waals surface area contributed by atoms with E-state index in [1.54, 1.807) is 0 Å². The minimum Gasteiger partial charge on any atom is -0.330 e. The van der Waals surface area contributed by atoms with Crippen LogP contribution in [0, 0.1) is 0 Å². The van der Waals surface area contributed by atoms with Gasteiger partial charge in [-0.15, -0.1) is 0 Å². The highest BCUT2D eigenvalue weighted by atomic mass is 14.9. The van der Waals surface area contributed by atoms with Crippen LogP contribution in [0.3, 0.4) is 0 Å². The average molecular weight is 253 g/mol. The van der Waals surface area contributed by atoms with E-state index >= 15 is 0 Å². The average Bonchev–Trinajstić information content (AvgIpc) is 2.92. The van der Waals surface area contributed by atoms with Crippen LogP contribution in [0.4, 0.5) is 0 Å². The largest absolute Gasteiger partial charge is 0.330 e. The zero-order valence-corrected chi connectivity index (χ0v) is 11.1. The van der Waals surface area contributed by atoms with Crippen LogP contribution in [0.1, 0.15) is 29.8 Å². The first-order valence-electron chi connectivity index (χ1n) is 7.01. The molecule has 3 nitrogen and oxygen atoms in total. The second-order valence-electron chi connectivity index (χ2n) is 5.09. The Bertz CT molecular complexity index is 578. The lowest BCUT2D eigenvalue weighted by atomic mass is 10.0. The second-order valence-corrected chi connectivity index (χ2v) is 5.09. The molecule has 1 aromatic carbocycles. The number of nitrogens with two attached hydrogens (primary N) is 1. The van der Waals surface area contributed by atoms with Crippen molar-refractivity contribution < 1.29 is 0 Å². The lowest BCUT2D eigenvalue weighted by molar-refractivity contribution is 0.782. The topological polar surface area (TPSA) is 51.8 Å². The highest BCUT2D eigenvalue weighted by molar-refractivity contribution is 5.61. The minimum atomic E-state index is 0.687. The fraction of sp³-hybridized carbons (Fsp3) is 0.375. The van der Waals surface area contributed by atoms with E-state index in [9.17, 15) is 0 Å². The molecule has 0 aliphatic heterocycles. The van der Waals surface area contributed by atoms with Crippen molar-refractivity contribution in [2.24, 2.45) is 5.73 Å². The van der Waals surface area contributed by atoms with E-state index in [-0.39, 0.29) is 0 Å². The fourth-order valence-corrected chi connectivity index (χ4v) is 2.67. The summed E-state index contributed by atoms with van der Waals surface area (Å²) >= 11 is 0. The summed E-state index contributed by atoms with van der Waals surface area (Å²) in [6, 6.07) is 8.71. The van der Waals surface area contributed by atoms with Crippen molar-refractivity contribution >= 4 is 0 Å². The van der Waals surface area contributed by atoms with E-state index < -0.39 is 0 Å². The summed E-state index contributed by atoms with van der Waals surface area (Å²) < 4.78 is 0. The molecule has 19 heavy (non-hydrogen) atoms. The first-order valence-corrected chi connectivity index (χ1v) is 7.01. The van der Waals surface area contributed by atoms with E-state index in [0.717, 1.165) is 24.4 Å². The summed E-state index contributed by atoms with van der Waals surface area (Å²) in [5, 5.41) is 0. The summed E-state index contributed by atoms with van der Waals surface area (Å²) in [5.74, 6) is 0.892. The first kappa shape index (κ1) is 12.3. The predicted octanol–water partition coefficient (Wildman–Crippen LogP) is 2.52. The number of aryl methyl sites for hydroxylation is 3. The molecule has 2 N–H and O–H groups in total. The molecule has 3 rings (SSSR count).